The van der Waals surface area contributed by atoms with Crippen molar-refractivity contribution < 1.29 is 0 Å². The van der Waals surface area contributed by atoms with E-state index in [-0.39, 0.29) is 11.7 Å². The summed E-state index contributed by atoms with van der Waals surface area (Å²) >= 11 is 0. The fourth-order valence-corrected chi connectivity index (χ4v) is 3.50. The van der Waals surface area contributed by atoms with E-state index in [2.05, 4.69) is 27.1 Å². The summed E-state index contributed by atoms with van der Waals surface area (Å²) in [7, 11) is 0. The van der Waals surface area contributed by atoms with Crippen molar-refractivity contribution in [2.75, 3.05) is 0 Å². The number of rotatable bonds is 1. The van der Waals surface area contributed by atoms with Crippen molar-refractivity contribution >= 4 is 22.2 Å². The second-order valence-corrected chi connectivity index (χ2v) is 5.77. The van der Waals surface area contributed by atoms with Gasteiger partial charge < -0.3 is 4.98 Å². The molecule has 3 aromatic heterocycles. The summed E-state index contributed by atoms with van der Waals surface area (Å²) in [5, 5.41) is 9.19. The van der Waals surface area contributed by atoms with Gasteiger partial charge in [-0.05, 0) is 24.8 Å². The Kier molecular flexibility index (Phi) is 2.45. The number of hydrogen-bond donors (Lipinski definition) is 2. The molecular weight excluding hydrogens is 254 g/mol. The van der Waals surface area contributed by atoms with Crippen LogP contribution in [0.15, 0.2) is 17.1 Å². The lowest BCUT2D eigenvalue weighted by molar-refractivity contribution is 0.258. The molecule has 20 heavy (non-hydrogen) atoms. The molecule has 1 fully saturated rings. The lowest BCUT2D eigenvalue weighted by atomic mass is 9.85. The van der Waals surface area contributed by atoms with Gasteiger partial charge in [-0.25, -0.2) is 4.79 Å². The Hall–Kier alpha value is -2.11. The van der Waals surface area contributed by atoms with E-state index in [0.29, 0.717) is 11.6 Å². The number of hydrogen-bond acceptors (Lipinski definition) is 3. The van der Waals surface area contributed by atoms with Crippen molar-refractivity contribution in [2.24, 2.45) is 5.92 Å². The predicted octanol–water partition coefficient (Wildman–Crippen LogP) is 2.35. The fraction of sp³-hybridized carbons (Fsp3) is 0.500. The van der Waals surface area contributed by atoms with Crippen molar-refractivity contribution in [3.63, 3.8) is 0 Å². The van der Waals surface area contributed by atoms with E-state index < -0.39 is 0 Å². The molecular formula is C14H17N5O. The van der Waals surface area contributed by atoms with E-state index in [9.17, 15) is 4.79 Å². The van der Waals surface area contributed by atoms with Crippen LogP contribution in [0.25, 0.3) is 22.2 Å². The lowest BCUT2D eigenvalue weighted by Gasteiger charge is -2.29. The van der Waals surface area contributed by atoms with Crippen LogP contribution in [0, 0.1) is 5.92 Å². The lowest BCUT2D eigenvalue weighted by Crippen LogP contribution is -2.28. The van der Waals surface area contributed by atoms with Gasteiger partial charge >= 0.3 is 5.69 Å². The second kappa shape index (κ2) is 4.19. The van der Waals surface area contributed by atoms with Gasteiger partial charge in [0.25, 0.3) is 0 Å². The molecule has 104 valence electrons. The molecule has 3 heterocycles. The van der Waals surface area contributed by atoms with Gasteiger partial charge in [0.2, 0.25) is 0 Å². The molecule has 0 aliphatic heterocycles. The van der Waals surface area contributed by atoms with Gasteiger partial charge in [0.05, 0.1) is 0 Å². The summed E-state index contributed by atoms with van der Waals surface area (Å²) in [6.45, 7) is 2.23. The Bertz CT molecular complexity index is 827. The highest BCUT2D eigenvalue weighted by Gasteiger charge is 2.27. The van der Waals surface area contributed by atoms with E-state index >= 15 is 0 Å². The molecule has 0 aromatic carbocycles. The number of nitrogens with one attached hydrogen (secondary N) is 2. The molecule has 1 saturated carbocycles. The van der Waals surface area contributed by atoms with Crippen LogP contribution in [0.4, 0.5) is 0 Å². The topological polar surface area (TPSA) is 79.4 Å². The maximum absolute atomic E-state index is 12.4. The largest absolute Gasteiger partial charge is 0.345 e. The zero-order valence-corrected chi connectivity index (χ0v) is 11.4. The number of aromatic nitrogens is 5. The molecule has 3 aromatic rings. The van der Waals surface area contributed by atoms with Crippen molar-refractivity contribution in [1.82, 2.24) is 24.7 Å². The van der Waals surface area contributed by atoms with Gasteiger partial charge in [-0.1, -0.05) is 19.8 Å². The second-order valence-electron chi connectivity index (χ2n) is 5.77. The van der Waals surface area contributed by atoms with E-state index in [1.807, 2.05) is 16.8 Å². The molecule has 1 aliphatic rings. The number of nitrogens with zero attached hydrogens (tertiary/aromatic N) is 3. The van der Waals surface area contributed by atoms with Gasteiger partial charge in [-0.2, -0.15) is 0 Å². The maximum atomic E-state index is 12.4. The normalized spacial score (nSPS) is 23.6. The van der Waals surface area contributed by atoms with Crippen molar-refractivity contribution in [3.8, 4) is 0 Å². The summed E-state index contributed by atoms with van der Waals surface area (Å²) in [5.74, 6) is 0.516. The Labute approximate surface area is 115 Å². The van der Waals surface area contributed by atoms with E-state index in [4.69, 9.17) is 0 Å². The zero-order chi connectivity index (χ0) is 13.7. The van der Waals surface area contributed by atoms with Crippen LogP contribution in [0.1, 0.15) is 38.6 Å². The first kappa shape index (κ1) is 11.7. The van der Waals surface area contributed by atoms with Crippen LogP contribution < -0.4 is 5.69 Å². The Balaban J connectivity index is 2.04. The minimum Gasteiger partial charge on any atom is -0.345 e. The molecule has 2 N–H and O–H groups in total. The summed E-state index contributed by atoms with van der Waals surface area (Å²) in [5.41, 5.74) is 2.13. The van der Waals surface area contributed by atoms with Crippen LogP contribution in [0.5, 0.6) is 0 Å². The van der Waals surface area contributed by atoms with Crippen LogP contribution in [-0.4, -0.2) is 24.7 Å². The smallest absolute Gasteiger partial charge is 0.328 e. The molecule has 0 saturated heterocycles. The van der Waals surface area contributed by atoms with Gasteiger partial charge in [-0.3, -0.25) is 9.55 Å². The molecule has 6 nitrogen and oxygen atoms in total. The van der Waals surface area contributed by atoms with Crippen LogP contribution in [0.2, 0.25) is 0 Å². The van der Waals surface area contributed by atoms with Gasteiger partial charge in [0.15, 0.2) is 11.3 Å². The minimum absolute atomic E-state index is 0.0678. The highest BCUT2D eigenvalue weighted by atomic mass is 16.1. The predicted molar refractivity (Wildman–Crippen MR) is 76.7 cm³/mol. The standard InChI is InChI=1S/C14H17N5O/c1-8-4-2-3-5-10(8)19-11-9-6-7-15-12(9)17-18-13(11)16-14(19)20/h6-8,10H,2-5H2,1H3,(H,15,17)(H,16,18,20)/t8-,10+/m1/s1. The maximum Gasteiger partial charge on any atom is 0.328 e. The minimum atomic E-state index is -0.0678. The fourth-order valence-electron chi connectivity index (χ4n) is 3.50. The van der Waals surface area contributed by atoms with Crippen LogP contribution in [-0.2, 0) is 0 Å². The number of H-pyrrole nitrogens is 2. The van der Waals surface area contributed by atoms with Crippen molar-refractivity contribution in [3.05, 3.63) is 22.7 Å². The van der Waals surface area contributed by atoms with E-state index in [1.165, 1.54) is 19.3 Å². The van der Waals surface area contributed by atoms with Gasteiger partial charge in [0.1, 0.15) is 5.52 Å². The third kappa shape index (κ3) is 1.54. The zero-order valence-electron chi connectivity index (χ0n) is 11.4. The third-order valence-corrected chi connectivity index (χ3v) is 4.54. The molecule has 6 heteroatoms. The molecule has 1 aliphatic carbocycles. The average molecular weight is 271 g/mol. The first-order chi connectivity index (χ1) is 9.75. The number of aromatic amines is 2. The molecule has 0 radical (unpaired) electrons. The monoisotopic (exact) mass is 271 g/mol. The first-order valence-corrected chi connectivity index (χ1v) is 7.19. The van der Waals surface area contributed by atoms with E-state index in [0.717, 1.165) is 23.0 Å². The molecule has 4 rings (SSSR count). The third-order valence-electron chi connectivity index (χ3n) is 4.54. The Morgan fingerprint density at radius 1 is 1.25 bits per heavy atom. The molecule has 0 amide bonds. The Morgan fingerprint density at radius 3 is 2.90 bits per heavy atom. The highest BCUT2D eigenvalue weighted by molar-refractivity contribution is 5.99. The van der Waals surface area contributed by atoms with Crippen LogP contribution >= 0.6 is 0 Å². The molecule has 2 atom stereocenters. The first-order valence-electron chi connectivity index (χ1n) is 7.19. The summed E-state index contributed by atoms with van der Waals surface area (Å²) in [6.07, 6.45) is 6.52. The Morgan fingerprint density at radius 2 is 2.05 bits per heavy atom. The van der Waals surface area contributed by atoms with Crippen molar-refractivity contribution in [1.29, 1.82) is 0 Å². The number of fused-ring (bicyclic) bond motifs is 3. The summed E-state index contributed by atoms with van der Waals surface area (Å²) in [6, 6.07) is 2.22. The summed E-state index contributed by atoms with van der Waals surface area (Å²) in [4.78, 5) is 18.3. The molecule has 0 unspecified atom stereocenters. The SMILES string of the molecule is C[C@@H]1CCCC[C@@H]1n1c(=O)[nH]c2nnc3[nH]ccc3c21. The molecule has 0 bridgehead atoms. The molecule has 0 spiro atoms. The van der Waals surface area contributed by atoms with Gasteiger partial charge in [-0.15, -0.1) is 10.2 Å². The van der Waals surface area contributed by atoms with Crippen LogP contribution in [0.3, 0.4) is 0 Å². The van der Waals surface area contributed by atoms with E-state index in [1.54, 1.807) is 0 Å². The number of imidazole rings is 1. The highest BCUT2D eigenvalue weighted by Crippen LogP contribution is 2.35. The van der Waals surface area contributed by atoms with Gasteiger partial charge in [0, 0.05) is 17.6 Å². The average Bonchev–Trinajstić information content (AvgIpc) is 3.02. The quantitative estimate of drug-likeness (QED) is 0.713. The summed E-state index contributed by atoms with van der Waals surface area (Å²) < 4.78 is 1.91. The van der Waals surface area contributed by atoms with Crippen molar-refractivity contribution in [2.45, 2.75) is 38.6 Å².